The number of amides is 3. The van der Waals surface area contributed by atoms with Crippen molar-refractivity contribution in [2.24, 2.45) is 0 Å². The predicted octanol–water partition coefficient (Wildman–Crippen LogP) is 1.84. The Labute approximate surface area is 218 Å². The van der Waals surface area contributed by atoms with Gasteiger partial charge in [0, 0.05) is 26.1 Å². The second-order valence-corrected chi connectivity index (χ2v) is 11.1. The topological polar surface area (TPSA) is 139 Å². The summed E-state index contributed by atoms with van der Waals surface area (Å²) in [5.41, 5.74) is 0.817. The minimum absolute atomic E-state index is 0.0108. The van der Waals surface area contributed by atoms with Crippen molar-refractivity contribution >= 4 is 45.1 Å². The first kappa shape index (κ1) is 27.7. The van der Waals surface area contributed by atoms with Gasteiger partial charge in [0.05, 0.1) is 9.77 Å². The number of carbonyl (C=O) groups is 4. The zero-order valence-corrected chi connectivity index (χ0v) is 21.7. The van der Waals surface area contributed by atoms with Gasteiger partial charge in [-0.2, -0.15) is 0 Å². The van der Waals surface area contributed by atoms with E-state index >= 15 is 0 Å². The highest BCUT2D eigenvalue weighted by atomic mass is 32.2. The lowest BCUT2D eigenvalue weighted by Gasteiger charge is -2.17. The Bertz CT molecular complexity index is 1360. The number of carbonyl (C=O) groups excluding carboxylic acids is 4. The van der Waals surface area contributed by atoms with Crippen molar-refractivity contribution in [2.75, 3.05) is 20.7 Å². The average Bonchev–Trinajstić information content (AvgIpc) is 3.43. The zero-order chi connectivity index (χ0) is 27.0. The zero-order valence-electron chi connectivity index (χ0n) is 20.0. The maximum Gasteiger partial charge on any atom is 0.329 e. The van der Waals surface area contributed by atoms with Crippen LogP contribution in [0.5, 0.6) is 0 Å². The first-order chi connectivity index (χ1) is 17.6. The van der Waals surface area contributed by atoms with Crippen LogP contribution in [0.1, 0.15) is 25.6 Å². The van der Waals surface area contributed by atoms with E-state index in [4.69, 9.17) is 4.74 Å². The number of sulfonamides is 1. The molecule has 0 saturated heterocycles. The van der Waals surface area contributed by atoms with E-state index in [1.54, 1.807) is 41.8 Å². The number of ether oxygens (including phenoxy) is 1. The van der Waals surface area contributed by atoms with Crippen molar-refractivity contribution in [1.82, 2.24) is 14.9 Å². The van der Waals surface area contributed by atoms with Crippen molar-refractivity contribution in [1.29, 1.82) is 0 Å². The Hall–Kier alpha value is -3.87. The molecule has 3 aromatic rings. The van der Waals surface area contributed by atoms with Crippen molar-refractivity contribution in [3.05, 3.63) is 88.1 Å². The molecule has 0 bridgehead atoms. The number of nitrogens with one attached hydrogen (secondary N) is 2. The molecule has 0 aliphatic heterocycles. The van der Waals surface area contributed by atoms with Gasteiger partial charge in [0.2, 0.25) is 10.0 Å². The van der Waals surface area contributed by atoms with E-state index < -0.39 is 46.4 Å². The van der Waals surface area contributed by atoms with Crippen LogP contribution in [-0.4, -0.2) is 63.2 Å². The first-order valence-electron chi connectivity index (χ1n) is 11.0. The molecule has 3 rings (SSSR count). The van der Waals surface area contributed by atoms with E-state index in [0.717, 1.165) is 9.87 Å². The minimum Gasteiger partial charge on any atom is -0.454 e. The van der Waals surface area contributed by atoms with E-state index in [-0.39, 0.29) is 16.9 Å². The summed E-state index contributed by atoms with van der Waals surface area (Å²) in [5, 5.41) is 6.44. The number of esters is 1. The van der Waals surface area contributed by atoms with Gasteiger partial charge in [0.25, 0.3) is 17.7 Å². The third kappa shape index (κ3) is 7.56. The Morgan fingerprint density at radius 3 is 2.19 bits per heavy atom. The highest BCUT2D eigenvalue weighted by Crippen LogP contribution is 2.14. The lowest BCUT2D eigenvalue weighted by molar-refractivity contribution is -0.150. The summed E-state index contributed by atoms with van der Waals surface area (Å²) < 4.78 is 30.4. The van der Waals surface area contributed by atoms with Crippen LogP contribution in [0.3, 0.4) is 0 Å². The van der Waals surface area contributed by atoms with Gasteiger partial charge >= 0.3 is 5.97 Å². The molecule has 0 fully saturated rings. The van der Waals surface area contributed by atoms with Crippen LogP contribution >= 0.6 is 11.3 Å². The highest BCUT2D eigenvalue weighted by Gasteiger charge is 2.25. The van der Waals surface area contributed by atoms with Gasteiger partial charge in [-0.3, -0.25) is 19.7 Å². The van der Waals surface area contributed by atoms with Gasteiger partial charge in [-0.1, -0.05) is 36.4 Å². The number of hydrogen-bond donors (Lipinski definition) is 2. The first-order valence-corrected chi connectivity index (χ1v) is 13.3. The Morgan fingerprint density at radius 2 is 1.59 bits per heavy atom. The Morgan fingerprint density at radius 1 is 0.919 bits per heavy atom. The number of rotatable bonds is 10. The fourth-order valence-electron chi connectivity index (χ4n) is 3.14. The molecule has 1 heterocycles. The van der Waals surface area contributed by atoms with Crippen molar-refractivity contribution in [2.45, 2.75) is 17.4 Å². The van der Waals surface area contributed by atoms with Gasteiger partial charge in [-0.05, 0) is 41.3 Å². The summed E-state index contributed by atoms with van der Waals surface area (Å²) in [6, 6.07) is 16.3. The van der Waals surface area contributed by atoms with Gasteiger partial charge in [-0.15, -0.1) is 11.3 Å². The number of hydrogen-bond acceptors (Lipinski definition) is 8. The summed E-state index contributed by atoms with van der Waals surface area (Å²) in [6.07, 6.45) is 0.138. The maximum absolute atomic E-state index is 12.7. The Balaban J connectivity index is 1.59. The lowest BCUT2D eigenvalue weighted by atomic mass is 10.1. The summed E-state index contributed by atoms with van der Waals surface area (Å²) in [5.74, 6) is -2.96. The van der Waals surface area contributed by atoms with Gasteiger partial charge in [-0.25, -0.2) is 17.5 Å². The summed E-state index contributed by atoms with van der Waals surface area (Å²) >= 11 is 1.22. The van der Waals surface area contributed by atoms with Crippen LogP contribution in [0, 0.1) is 0 Å². The fraction of sp³-hybridized carbons (Fsp3) is 0.200. The molecule has 12 heteroatoms. The largest absolute Gasteiger partial charge is 0.454 e. The molecule has 0 spiro atoms. The van der Waals surface area contributed by atoms with E-state index in [2.05, 4.69) is 10.6 Å². The molecule has 1 aromatic heterocycles. The van der Waals surface area contributed by atoms with Crippen molar-refractivity contribution in [3.8, 4) is 0 Å². The molecule has 2 aromatic carbocycles. The molecule has 0 aliphatic carbocycles. The molecular weight excluding hydrogens is 518 g/mol. The quantitative estimate of drug-likeness (QED) is 0.372. The lowest BCUT2D eigenvalue weighted by Crippen LogP contribution is -2.44. The van der Waals surface area contributed by atoms with Crippen LogP contribution in [0.25, 0.3) is 0 Å². The summed E-state index contributed by atoms with van der Waals surface area (Å²) in [7, 11) is -0.901. The molecule has 10 nitrogen and oxygen atoms in total. The third-order valence-electron chi connectivity index (χ3n) is 5.11. The normalized spacial score (nSPS) is 12.0. The van der Waals surface area contributed by atoms with E-state index in [1.165, 1.54) is 49.7 Å². The average molecular weight is 544 g/mol. The number of benzene rings is 2. The maximum atomic E-state index is 12.7. The predicted molar refractivity (Wildman–Crippen MR) is 136 cm³/mol. The molecule has 0 unspecified atom stereocenters. The second kappa shape index (κ2) is 12.4. The number of imide groups is 1. The fourth-order valence-corrected chi connectivity index (χ4v) is 4.67. The smallest absolute Gasteiger partial charge is 0.329 e. The molecule has 1 atom stereocenters. The Kier molecular flexibility index (Phi) is 9.28. The van der Waals surface area contributed by atoms with Gasteiger partial charge < -0.3 is 10.1 Å². The standard InChI is InChI=1S/C25H25N3O7S2/c1-28(2)37(33,34)19-12-10-18(11-13-19)23(30)27-22(29)16-35-25(32)20(15-17-7-4-3-5-8-17)26-24(31)21-9-6-14-36-21/h3-14,20H,15-16H2,1-2H3,(H,26,31)(H,27,29,30)/t20-/m1/s1. The summed E-state index contributed by atoms with van der Waals surface area (Å²) in [4.78, 5) is 50.2. The van der Waals surface area contributed by atoms with Gasteiger partial charge in [0.15, 0.2) is 6.61 Å². The van der Waals surface area contributed by atoms with Gasteiger partial charge in [0.1, 0.15) is 6.04 Å². The third-order valence-corrected chi connectivity index (χ3v) is 7.81. The summed E-state index contributed by atoms with van der Waals surface area (Å²) in [6.45, 7) is -0.752. The highest BCUT2D eigenvalue weighted by molar-refractivity contribution is 7.89. The molecule has 0 saturated carbocycles. The van der Waals surface area contributed by atoms with E-state index in [1.807, 2.05) is 6.07 Å². The molecule has 0 radical (unpaired) electrons. The van der Waals surface area contributed by atoms with Crippen LogP contribution in [0.4, 0.5) is 0 Å². The van der Waals surface area contributed by atoms with E-state index in [9.17, 15) is 27.6 Å². The molecule has 2 N–H and O–H groups in total. The molecular formula is C25H25N3O7S2. The van der Waals surface area contributed by atoms with Crippen LogP contribution in [-0.2, 0) is 30.8 Å². The monoisotopic (exact) mass is 543 g/mol. The second-order valence-electron chi connectivity index (χ2n) is 7.99. The van der Waals surface area contributed by atoms with Crippen LogP contribution < -0.4 is 10.6 Å². The van der Waals surface area contributed by atoms with E-state index in [0.29, 0.717) is 4.88 Å². The van der Waals surface area contributed by atoms with Crippen LogP contribution in [0.15, 0.2) is 77.0 Å². The number of thiophene rings is 1. The van der Waals surface area contributed by atoms with Crippen molar-refractivity contribution in [3.63, 3.8) is 0 Å². The van der Waals surface area contributed by atoms with Crippen LogP contribution in [0.2, 0.25) is 0 Å². The SMILES string of the molecule is CN(C)S(=O)(=O)c1ccc(C(=O)NC(=O)COC(=O)[C@@H](Cc2ccccc2)NC(=O)c2cccs2)cc1. The molecule has 3 amide bonds. The molecule has 37 heavy (non-hydrogen) atoms. The van der Waals surface area contributed by atoms with Crippen molar-refractivity contribution < 1.29 is 32.3 Å². The molecule has 0 aliphatic rings. The molecule has 194 valence electrons. The minimum atomic E-state index is -3.67. The number of nitrogens with zero attached hydrogens (tertiary/aromatic N) is 1.